The number of aromatic nitrogens is 3. The normalized spacial score (nSPS) is 13.2. The Balaban J connectivity index is 1.43. The molecule has 0 spiro atoms. The Morgan fingerprint density at radius 3 is 2.42 bits per heavy atom. The Labute approximate surface area is 298 Å². The molecule has 250 valence electrons. The fraction of sp³-hybridized carbons (Fsp3) is 0.324. The molecule has 6 rings (SSSR count). The van der Waals surface area contributed by atoms with Gasteiger partial charge in [0.25, 0.3) is 5.91 Å². The van der Waals surface area contributed by atoms with Gasteiger partial charge < -0.3 is 19.3 Å². The number of ether oxygens (including phenoxy) is 1. The monoisotopic (exact) mass is 750 g/mol. The minimum atomic E-state index is -1.02. The van der Waals surface area contributed by atoms with Crippen molar-refractivity contribution in [2.75, 3.05) is 13.2 Å². The van der Waals surface area contributed by atoms with Crippen LogP contribution < -0.4 is 4.74 Å². The largest absolute Gasteiger partial charge is 0.494 e. The average Bonchev–Trinajstić information content (AvgIpc) is 3.41. The van der Waals surface area contributed by atoms with Gasteiger partial charge in [-0.15, -0.1) is 0 Å². The summed E-state index contributed by atoms with van der Waals surface area (Å²) in [5.74, 6) is -0.343. The Morgan fingerprint density at radius 1 is 1.02 bits per heavy atom. The maximum atomic E-state index is 14.7. The minimum Gasteiger partial charge on any atom is -0.494 e. The first-order chi connectivity index (χ1) is 22.8. The van der Waals surface area contributed by atoms with Crippen molar-refractivity contribution in [3.8, 4) is 16.9 Å². The summed E-state index contributed by atoms with van der Waals surface area (Å²) in [5, 5.41) is 16.7. The number of carboxylic acid groups (broad SMARTS) is 1. The number of carbonyl (C=O) groups excluding carboxylic acids is 1. The van der Waals surface area contributed by atoms with E-state index in [4.69, 9.17) is 27.9 Å². The molecule has 1 amide bonds. The van der Waals surface area contributed by atoms with Gasteiger partial charge in [-0.25, -0.2) is 4.79 Å². The van der Waals surface area contributed by atoms with Gasteiger partial charge in [-0.2, -0.15) is 5.10 Å². The third kappa shape index (κ3) is 6.35. The van der Waals surface area contributed by atoms with E-state index in [0.717, 1.165) is 72.9 Å². The smallest absolute Gasteiger partial charge is 0.335 e. The number of carbonyl (C=O) groups is 2. The molecule has 8 nitrogen and oxygen atoms in total. The van der Waals surface area contributed by atoms with Crippen molar-refractivity contribution in [2.45, 2.75) is 60.0 Å². The number of aromatic carboxylic acids is 1. The van der Waals surface area contributed by atoms with Crippen molar-refractivity contribution < 1.29 is 19.4 Å². The highest BCUT2D eigenvalue weighted by atomic mass is 79.9. The summed E-state index contributed by atoms with van der Waals surface area (Å²) in [6, 6.07) is 12.9. The Hall–Kier alpha value is -3.79. The Kier molecular flexibility index (Phi) is 9.67. The summed E-state index contributed by atoms with van der Waals surface area (Å²) >= 11 is 16.8. The van der Waals surface area contributed by atoms with Crippen LogP contribution in [0.2, 0.25) is 10.0 Å². The van der Waals surface area contributed by atoms with Gasteiger partial charge in [0.2, 0.25) is 0 Å². The molecular formula is C37H37BrCl2N4O4. The van der Waals surface area contributed by atoms with Crippen LogP contribution in [0.3, 0.4) is 0 Å². The van der Waals surface area contributed by atoms with Gasteiger partial charge in [0.15, 0.2) is 0 Å². The van der Waals surface area contributed by atoms with E-state index in [1.54, 1.807) is 12.1 Å². The van der Waals surface area contributed by atoms with Crippen molar-refractivity contribution in [2.24, 2.45) is 7.05 Å². The van der Waals surface area contributed by atoms with Crippen LogP contribution >= 0.6 is 39.1 Å². The molecular weight excluding hydrogens is 715 g/mol. The van der Waals surface area contributed by atoms with Gasteiger partial charge in [-0.1, -0.05) is 45.2 Å². The first kappa shape index (κ1) is 34.1. The molecule has 1 N–H and O–H groups in total. The third-order valence-corrected chi connectivity index (χ3v) is 10.5. The molecule has 0 aliphatic carbocycles. The molecule has 3 aromatic carbocycles. The molecule has 5 aromatic rings. The van der Waals surface area contributed by atoms with Gasteiger partial charge in [0.1, 0.15) is 11.4 Å². The van der Waals surface area contributed by atoms with Gasteiger partial charge >= 0.3 is 5.97 Å². The molecule has 0 unspecified atom stereocenters. The standard InChI is InChI=1S/C37H37BrCl2N4O4/c1-20-14-27(15-21(2)33(20)40)48-13-6-8-28-29-9-10-30(39)32(31-22(3)41-42(5)23(31)4)34(29)44-12-7-11-43(36(45)35(28)44)19-24-16-25(37(46)47)18-26(38)17-24/h9-10,14-18H,6-8,11-13,19H2,1-5H3,(H,46,47). The number of hydrogen-bond acceptors (Lipinski definition) is 4. The molecule has 11 heteroatoms. The maximum Gasteiger partial charge on any atom is 0.335 e. The number of aryl methyl sites for hydroxylation is 6. The average molecular weight is 753 g/mol. The van der Waals surface area contributed by atoms with E-state index >= 15 is 0 Å². The predicted molar refractivity (Wildman–Crippen MR) is 194 cm³/mol. The number of halogens is 3. The molecule has 48 heavy (non-hydrogen) atoms. The molecule has 0 atom stereocenters. The van der Waals surface area contributed by atoms with Crippen LogP contribution in [0.5, 0.6) is 5.75 Å². The highest BCUT2D eigenvalue weighted by Crippen LogP contribution is 2.43. The van der Waals surface area contributed by atoms with E-state index < -0.39 is 5.97 Å². The van der Waals surface area contributed by atoms with Crippen LogP contribution in [-0.2, 0) is 26.6 Å². The highest BCUT2D eigenvalue weighted by molar-refractivity contribution is 9.10. The summed E-state index contributed by atoms with van der Waals surface area (Å²) in [5.41, 5.74) is 9.08. The summed E-state index contributed by atoms with van der Waals surface area (Å²) in [6.45, 7) is 9.84. The molecule has 0 bridgehead atoms. The summed E-state index contributed by atoms with van der Waals surface area (Å²) < 4.78 is 10.8. The molecule has 0 fully saturated rings. The fourth-order valence-corrected chi connectivity index (χ4v) is 7.82. The molecule has 1 aliphatic heterocycles. The molecule has 0 saturated carbocycles. The first-order valence-electron chi connectivity index (χ1n) is 15.9. The predicted octanol–water partition coefficient (Wildman–Crippen LogP) is 9.10. The number of benzene rings is 3. The van der Waals surface area contributed by atoms with Crippen molar-refractivity contribution in [3.05, 3.63) is 102 Å². The number of carboxylic acids is 1. The van der Waals surface area contributed by atoms with E-state index in [2.05, 4.69) is 25.6 Å². The third-order valence-electron chi connectivity index (χ3n) is 9.16. The number of hydrogen-bond donors (Lipinski definition) is 1. The second-order valence-corrected chi connectivity index (χ2v) is 14.2. The fourth-order valence-electron chi connectivity index (χ4n) is 6.92. The number of fused-ring (bicyclic) bond motifs is 3. The zero-order valence-electron chi connectivity index (χ0n) is 27.6. The van der Waals surface area contributed by atoms with Crippen LogP contribution in [0, 0.1) is 27.7 Å². The van der Waals surface area contributed by atoms with Crippen molar-refractivity contribution in [3.63, 3.8) is 0 Å². The van der Waals surface area contributed by atoms with Gasteiger partial charge in [-0.05, 0) is 106 Å². The highest BCUT2D eigenvalue weighted by Gasteiger charge is 2.32. The summed E-state index contributed by atoms with van der Waals surface area (Å²) in [7, 11) is 1.92. The molecule has 0 radical (unpaired) electrons. The minimum absolute atomic E-state index is 0.0953. The van der Waals surface area contributed by atoms with Crippen LogP contribution in [0.15, 0.2) is 46.9 Å². The van der Waals surface area contributed by atoms with E-state index in [0.29, 0.717) is 47.7 Å². The molecule has 3 heterocycles. The molecule has 2 aromatic heterocycles. The van der Waals surface area contributed by atoms with Crippen LogP contribution in [-0.4, -0.2) is 49.4 Å². The van der Waals surface area contributed by atoms with E-state index in [1.807, 2.05) is 74.7 Å². The zero-order valence-corrected chi connectivity index (χ0v) is 30.7. The SMILES string of the molecule is Cc1cc(OCCCc2c3n(c4c(-c5c(C)nn(C)c5C)c(Cl)ccc24)CCCN(Cc2cc(Br)cc(C(=O)O)c2)C3=O)cc(C)c1Cl. The van der Waals surface area contributed by atoms with Gasteiger partial charge in [-0.3, -0.25) is 9.48 Å². The molecule has 0 saturated heterocycles. The van der Waals surface area contributed by atoms with Gasteiger partial charge in [0, 0.05) is 58.4 Å². The quantitative estimate of drug-likeness (QED) is 0.152. The lowest BCUT2D eigenvalue weighted by Crippen LogP contribution is -2.31. The number of rotatable bonds is 9. The lowest BCUT2D eigenvalue weighted by Gasteiger charge is -2.21. The zero-order chi connectivity index (χ0) is 34.4. The lowest BCUT2D eigenvalue weighted by molar-refractivity contribution is 0.0696. The van der Waals surface area contributed by atoms with Crippen molar-refractivity contribution in [1.29, 1.82) is 0 Å². The van der Waals surface area contributed by atoms with Gasteiger partial charge in [0.05, 0.1) is 28.4 Å². The van der Waals surface area contributed by atoms with Crippen molar-refractivity contribution in [1.82, 2.24) is 19.2 Å². The Morgan fingerprint density at radius 2 is 1.75 bits per heavy atom. The Bertz CT molecular complexity index is 2080. The van der Waals surface area contributed by atoms with Crippen LogP contribution in [0.1, 0.15) is 67.3 Å². The topological polar surface area (TPSA) is 89.6 Å². The lowest BCUT2D eigenvalue weighted by atomic mass is 9.98. The van der Waals surface area contributed by atoms with E-state index in [1.165, 1.54) is 0 Å². The van der Waals surface area contributed by atoms with Crippen LogP contribution in [0.4, 0.5) is 0 Å². The van der Waals surface area contributed by atoms with E-state index in [9.17, 15) is 14.7 Å². The van der Waals surface area contributed by atoms with E-state index in [-0.39, 0.29) is 18.0 Å². The number of nitrogens with zero attached hydrogens (tertiary/aromatic N) is 4. The second kappa shape index (κ2) is 13.6. The number of amides is 1. The summed E-state index contributed by atoms with van der Waals surface area (Å²) in [4.78, 5) is 28.3. The van der Waals surface area contributed by atoms with Crippen molar-refractivity contribution >= 4 is 61.9 Å². The second-order valence-electron chi connectivity index (χ2n) is 12.5. The first-order valence-corrected chi connectivity index (χ1v) is 17.5. The summed E-state index contributed by atoms with van der Waals surface area (Å²) in [6.07, 6.45) is 2.00. The maximum absolute atomic E-state index is 14.7. The molecule has 1 aliphatic rings. The van der Waals surface area contributed by atoms with Crippen LogP contribution in [0.25, 0.3) is 22.0 Å².